The fourth-order valence-corrected chi connectivity index (χ4v) is 3.04. The summed E-state index contributed by atoms with van der Waals surface area (Å²) in [5.41, 5.74) is 1.04. The molecule has 1 unspecified atom stereocenters. The molecule has 0 N–H and O–H groups in total. The summed E-state index contributed by atoms with van der Waals surface area (Å²) in [4.78, 5) is 38.0. The molecule has 1 aliphatic heterocycles. The fourth-order valence-electron chi connectivity index (χ4n) is 2.73. The Morgan fingerprint density at radius 1 is 1.08 bits per heavy atom. The first-order valence-corrected chi connectivity index (χ1v) is 8.71. The molecule has 26 heavy (non-hydrogen) atoms. The number of hydrogen-bond donors (Lipinski definition) is 0. The minimum absolute atomic E-state index is 0.0421. The normalized spacial score (nSPS) is 16.6. The molecule has 0 radical (unpaired) electrons. The van der Waals surface area contributed by atoms with Gasteiger partial charge in [-0.2, -0.15) is 0 Å². The minimum atomic E-state index is -0.612. The number of carbonyl (C=O) groups excluding carboxylic acids is 3. The van der Waals surface area contributed by atoms with Gasteiger partial charge in [0.05, 0.1) is 5.92 Å². The van der Waals surface area contributed by atoms with E-state index < -0.39 is 11.9 Å². The zero-order valence-electron chi connectivity index (χ0n) is 13.7. The number of benzene rings is 2. The SMILES string of the molecule is O=C(COC(=O)C1CC(=O)N(c2cccc(Cl)c2)C1)c1ccc(Cl)cc1. The van der Waals surface area contributed by atoms with Gasteiger partial charge in [-0.3, -0.25) is 14.4 Å². The Hall–Kier alpha value is -2.37. The smallest absolute Gasteiger partial charge is 0.311 e. The van der Waals surface area contributed by atoms with Gasteiger partial charge >= 0.3 is 5.97 Å². The Balaban J connectivity index is 1.58. The van der Waals surface area contributed by atoms with Crippen LogP contribution in [0.3, 0.4) is 0 Å². The topological polar surface area (TPSA) is 63.7 Å². The molecule has 1 aliphatic rings. The van der Waals surface area contributed by atoms with Crippen molar-refractivity contribution in [1.82, 2.24) is 0 Å². The molecule has 3 rings (SSSR count). The zero-order chi connectivity index (χ0) is 18.7. The maximum absolute atomic E-state index is 12.2. The third-order valence-electron chi connectivity index (χ3n) is 4.09. The Morgan fingerprint density at radius 3 is 2.50 bits per heavy atom. The van der Waals surface area contributed by atoms with Crippen molar-refractivity contribution < 1.29 is 19.1 Å². The van der Waals surface area contributed by atoms with Gasteiger partial charge in [-0.15, -0.1) is 0 Å². The van der Waals surface area contributed by atoms with E-state index in [1.54, 1.807) is 48.5 Å². The molecule has 0 aromatic heterocycles. The first kappa shape index (κ1) is 18.4. The number of Topliss-reactive ketones (excluding diaryl/α,β-unsaturated/α-hetero) is 1. The highest BCUT2D eigenvalue weighted by atomic mass is 35.5. The molecule has 7 heteroatoms. The summed E-state index contributed by atoms with van der Waals surface area (Å²) in [6, 6.07) is 13.2. The molecule has 1 amide bonds. The summed E-state index contributed by atoms with van der Waals surface area (Å²) in [5, 5.41) is 1.03. The van der Waals surface area contributed by atoms with Gasteiger partial charge in [0.15, 0.2) is 12.4 Å². The highest BCUT2D eigenvalue weighted by Crippen LogP contribution is 2.27. The van der Waals surface area contributed by atoms with Crippen molar-refractivity contribution in [2.24, 2.45) is 5.92 Å². The number of ketones is 1. The lowest BCUT2D eigenvalue weighted by molar-refractivity contribution is -0.147. The molecular weight excluding hydrogens is 377 g/mol. The number of anilines is 1. The summed E-state index contributed by atoms with van der Waals surface area (Å²) >= 11 is 11.7. The van der Waals surface area contributed by atoms with Crippen LogP contribution in [0.1, 0.15) is 16.8 Å². The van der Waals surface area contributed by atoms with Crippen LogP contribution in [-0.4, -0.2) is 30.8 Å². The highest BCUT2D eigenvalue weighted by molar-refractivity contribution is 6.31. The van der Waals surface area contributed by atoms with Gasteiger partial charge in [0, 0.05) is 34.3 Å². The van der Waals surface area contributed by atoms with Crippen LogP contribution in [0.5, 0.6) is 0 Å². The number of ether oxygens (including phenoxy) is 1. The number of rotatable bonds is 5. The number of carbonyl (C=O) groups is 3. The van der Waals surface area contributed by atoms with Gasteiger partial charge in [-0.1, -0.05) is 29.3 Å². The van der Waals surface area contributed by atoms with Crippen LogP contribution in [0.4, 0.5) is 5.69 Å². The number of esters is 1. The highest BCUT2D eigenvalue weighted by Gasteiger charge is 2.36. The standard InChI is InChI=1S/C19H15Cl2NO4/c20-14-6-4-12(5-7-14)17(23)11-26-19(25)13-8-18(24)22(10-13)16-3-1-2-15(21)9-16/h1-7,9,13H,8,10-11H2. The van der Waals surface area contributed by atoms with Gasteiger partial charge < -0.3 is 9.64 Å². The van der Waals surface area contributed by atoms with Gasteiger partial charge in [-0.25, -0.2) is 0 Å². The van der Waals surface area contributed by atoms with Crippen molar-refractivity contribution in [3.63, 3.8) is 0 Å². The van der Waals surface area contributed by atoms with E-state index in [2.05, 4.69) is 0 Å². The molecule has 1 fully saturated rings. The molecule has 5 nitrogen and oxygen atoms in total. The third-order valence-corrected chi connectivity index (χ3v) is 4.58. The molecule has 1 atom stereocenters. The lowest BCUT2D eigenvalue weighted by atomic mass is 10.1. The van der Waals surface area contributed by atoms with Crippen molar-refractivity contribution in [3.05, 3.63) is 64.1 Å². The first-order chi connectivity index (χ1) is 12.4. The molecular formula is C19H15Cl2NO4. The van der Waals surface area contributed by atoms with E-state index in [0.717, 1.165) is 0 Å². The second-order valence-corrected chi connectivity index (χ2v) is 6.80. The Bertz CT molecular complexity index is 851. The van der Waals surface area contributed by atoms with Crippen LogP contribution in [0, 0.1) is 5.92 Å². The van der Waals surface area contributed by atoms with Gasteiger partial charge in [0.25, 0.3) is 0 Å². The summed E-state index contributed by atoms with van der Waals surface area (Å²) in [5.74, 6) is -1.69. The summed E-state index contributed by atoms with van der Waals surface area (Å²) < 4.78 is 5.10. The maximum Gasteiger partial charge on any atom is 0.311 e. The van der Waals surface area contributed by atoms with Crippen LogP contribution in [0.15, 0.2) is 48.5 Å². The van der Waals surface area contributed by atoms with Crippen molar-refractivity contribution in [2.45, 2.75) is 6.42 Å². The van der Waals surface area contributed by atoms with Crippen LogP contribution in [-0.2, 0) is 14.3 Å². The van der Waals surface area contributed by atoms with E-state index in [-0.39, 0.29) is 31.3 Å². The minimum Gasteiger partial charge on any atom is -0.457 e. The summed E-state index contributed by atoms with van der Waals surface area (Å²) in [6.45, 7) is -0.171. The lowest BCUT2D eigenvalue weighted by Crippen LogP contribution is -2.27. The fraction of sp³-hybridized carbons (Fsp3) is 0.211. The molecule has 2 aromatic rings. The molecule has 2 aromatic carbocycles. The van der Waals surface area contributed by atoms with Crippen molar-refractivity contribution in [2.75, 3.05) is 18.1 Å². The predicted molar refractivity (Wildman–Crippen MR) is 98.7 cm³/mol. The Labute approximate surface area is 160 Å². The quantitative estimate of drug-likeness (QED) is 0.574. The van der Waals surface area contributed by atoms with Crippen molar-refractivity contribution in [1.29, 1.82) is 0 Å². The van der Waals surface area contributed by atoms with E-state index in [1.165, 1.54) is 4.90 Å². The Kier molecular flexibility index (Phi) is 5.59. The van der Waals surface area contributed by atoms with Crippen LogP contribution in [0.25, 0.3) is 0 Å². The second-order valence-electron chi connectivity index (χ2n) is 5.92. The number of nitrogens with zero attached hydrogens (tertiary/aromatic N) is 1. The average molecular weight is 392 g/mol. The summed E-state index contributed by atoms with van der Waals surface area (Å²) in [6.07, 6.45) is 0.0421. The molecule has 1 heterocycles. The second kappa shape index (κ2) is 7.89. The maximum atomic E-state index is 12.2. The predicted octanol–water partition coefficient (Wildman–Crippen LogP) is 3.77. The van der Waals surface area contributed by atoms with Crippen molar-refractivity contribution >= 4 is 46.5 Å². The van der Waals surface area contributed by atoms with Gasteiger partial charge in [-0.05, 0) is 42.5 Å². The van der Waals surface area contributed by atoms with Crippen LogP contribution < -0.4 is 4.90 Å². The van der Waals surface area contributed by atoms with Crippen molar-refractivity contribution in [3.8, 4) is 0 Å². The van der Waals surface area contributed by atoms with E-state index >= 15 is 0 Å². The van der Waals surface area contributed by atoms with E-state index in [9.17, 15) is 14.4 Å². The van der Waals surface area contributed by atoms with E-state index in [0.29, 0.717) is 21.3 Å². The van der Waals surface area contributed by atoms with Gasteiger partial charge in [0.2, 0.25) is 5.91 Å². The van der Waals surface area contributed by atoms with Crippen LogP contribution >= 0.6 is 23.2 Å². The summed E-state index contributed by atoms with van der Waals surface area (Å²) in [7, 11) is 0. The molecule has 0 spiro atoms. The Morgan fingerprint density at radius 2 is 1.81 bits per heavy atom. The molecule has 1 saturated heterocycles. The molecule has 0 bridgehead atoms. The average Bonchev–Trinajstić information content (AvgIpc) is 3.02. The molecule has 134 valence electrons. The van der Waals surface area contributed by atoms with E-state index in [4.69, 9.17) is 27.9 Å². The zero-order valence-corrected chi connectivity index (χ0v) is 15.2. The lowest BCUT2D eigenvalue weighted by Gasteiger charge is -2.16. The third kappa shape index (κ3) is 4.23. The number of hydrogen-bond acceptors (Lipinski definition) is 4. The first-order valence-electron chi connectivity index (χ1n) is 7.95. The number of halogens is 2. The molecule has 0 aliphatic carbocycles. The van der Waals surface area contributed by atoms with Gasteiger partial charge in [0.1, 0.15) is 0 Å². The largest absolute Gasteiger partial charge is 0.457 e. The van der Waals surface area contributed by atoms with Crippen LogP contribution in [0.2, 0.25) is 10.0 Å². The monoisotopic (exact) mass is 391 g/mol. The number of amides is 1. The van der Waals surface area contributed by atoms with E-state index in [1.807, 2.05) is 0 Å². The molecule has 0 saturated carbocycles.